The summed E-state index contributed by atoms with van der Waals surface area (Å²) in [6, 6.07) is 15.7. The number of rotatable bonds is 3. The quantitative estimate of drug-likeness (QED) is 0.379. The third-order valence-electron chi connectivity index (χ3n) is 4.34. The minimum absolute atomic E-state index is 0.293. The molecule has 0 fully saturated rings. The van der Waals surface area contributed by atoms with Crippen LogP contribution in [0, 0.1) is 6.92 Å². The number of aromatic nitrogens is 1. The molecule has 1 N–H and O–H groups in total. The average molecular weight is 432 g/mol. The summed E-state index contributed by atoms with van der Waals surface area (Å²) in [5.41, 5.74) is 3.60. The first-order valence-electron chi connectivity index (χ1n) is 8.35. The molecule has 1 aromatic heterocycles. The van der Waals surface area contributed by atoms with Crippen LogP contribution in [0.3, 0.4) is 0 Å². The first-order valence-corrected chi connectivity index (χ1v) is 9.49. The zero-order chi connectivity index (χ0) is 19.8. The zero-order valence-electron chi connectivity index (χ0n) is 14.6. The summed E-state index contributed by atoms with van der Waals surface area (Å²) in [5.74, 6) is 0.101. The first-order chi connectivity index (χ1) is 13.4. The van der Waals surface area contributed by atoms with Crippen LogP contribution in [0.15, 0.2) is 59.0 Å². The minimum atomic E-state index is -0.293. The molecule has 0 bridgehead atoms. The van der Waals surface area contributed by atoms with E-state index < -0.39 is 0 Å². The number of halogens is 3. The molecule has 0 spiro atoms. The molecule has 28 heavy (non-hydrogen) atoms. The zero-order valence-corrected chi connectivity index (χ0v) is 16.9. The van der Waals surface area contributed by atoms with Crippen LogP contribution in [0.4, 0.5) is 5.69 Å². The van der Waals surface area contributed by atoms with Gasteiger partial charge in [-0.15, -0.1) is 0 Å². The molecule has 1 amide bonds. The Bertz CT molecular complexity index is 1220. The van der Waals surface area contributed by atoms with Crippen LogP contribution in [0.2, 0.25) is 15.1 Å². The van der Waals surface area contributed by atoms with E-state index in [-0.39, 0.29) is 5.91 Å². The molecule has 3 aromatic carbocycles. The van der Waals surface area contributed by atoms with Crippen LogP contribution in [-0.4, -0.2) is 10.9 Å². The van der Waals surface area contributed by atoms with Gasteiger partial charge in [-0.3, -0.25) is 4.79 Å². The third-order valence-corrected chi connectivity index (χ3v) is 5.17. The van der Waals surface area contributed by atoms with E-state index in [1.807, 2.05) is 19.1 Å². The van der Waals surface area contributed by atoms with E-state index in [4.69, 9.17) is 39.2 Å². The Kier molecular flexibility index (Phi) is 5.02. The Balaban J connectivity index is 1.72. The summed E-state index contributed by atoms with van der Waals surface area (Å²) in [4.78, 5) is 17.1. The van der Waals surface area contributed by atoms with Crippen molar-refractivity contribution in [1.82, 2.24) is 4.98 Å². The largest absolute Gasteiger partial charge is 0.434 e. The van der Waals surface area contributed by atoms with E-state index in [2.05, 4.69) is 10.3 Å². The van der Waals surface area contributed by atoms with Gasteiger partial charge in [0.25, 0.3) is 5.91 Å². The summed E-state index contributed by atoms with van der Waals surface area (Å²) in [6.07, 6.45) is 0. The van der Waals surface area contributed by atoms with Crippen LogP contribution >= 0.6 is 34.8 Å². The molecule has 140 valence electrons. The highest BCUT2D eigenvalue weighted by atomic mass is 35.5. The number of benzene rings is 3. The molecule has 4 nitrogen and oxygen atoms in total. The van der Waals surface area contributed by atoms with Crippen LogP contribution in [0.25, 0.3) is 22.6 Å². The Morgan fingerprint density at radius 2 is 1.79 bits per heavy atom. The number of fused-ring (bicyclic) bond motifs is 1. The van der Waals surface area contributed by atoms with E-state index in [9.17, 15) is 4.79 Å². The summed E-state index contributed by atoms with van der Waals surface area (Å²) in [6.45, 7) is 1.88. The number of hydrogen-bond donors (Lipinski definition) is 1. The number of nitrogens with zero attached hydrogens (tertiary/aromatic N) is 1. The molecule has 7 heteroatoms. The lowest BCUT2D eigenvalue weighted by Crippen LogP contribution is -2.13. The number of carbonyl (C=O) groups excluding carboxylic acids is 1. The minimum Gasteiger partial charge on any atom is -0.434 e. The van der Waals surface area contributed by atoms with Gasteiger partial charge in [0.2, 0.25) is 5.89 Å². The van der Waals surface area contributed by atoms with Gasteiger partial charge >= 0.3 is 0 Å². The molecule has 0 saturated carbocycles. The van der Waals surface area contributed by atoms with Gasteiger partial charge in [0.05, 0.1) is 15.6 Å². The summed E-state index contributed by atoms with van der Waals surface area (Å²) < 4.78 is 5.85. The number of hydrogen-bond acceptors (Lipinski definition) is 3. The van der Waals surface area contributed by atoms with Crippen molar-refractivity contribution in [3.63, 3.8) is 0 Å². The van der Waals surface area contributed by atoms with Crippen molar-refractivity contribution in [3.05, 3.63) is 80.8 Å². The Morgan fingerprint density at radius 1 is 1.00 bits per heavy atom. The number of nitrogens with one attached hydrogen (secondary N) is 1. The molecule has 4 rings (SSSR count). The van der Waals surface area contributed by atoms with E-state index in [1.165, 1.54) is 0 Å². The summed E-state index contributed by atoms with van der Waals surface area (Å²) in [5, 5.41) is 4.15. The molecular formula is C21H13Cl3N2O2. The number of oxazole rings is 1. The predicted octanol–water partition coefficient (Wildman–Crippen LogP) is 7.02. The monoisotopic (exact) mass is 430 g/mol. The average Bonchev–Trinajstić information content (AvgIpc) is 3.08. The maximum atomic E-state index is 12.6. The van der Waals surface area contributed by atoms with Gasteiger partial charge < -0.3 is 9.73 Å². The highest BCUT2D eigenvalue weighted by molar-refractivity contribution is 6.38. The molecule has 0 atom stereocenters. The van der Waals surface area contributed by atoms with Crippen molar-refractivity contribution in [2.45, 2.75) is 6.92 Å². The topological polar surface area (TPSA) is 55.1 Å². The smallest absolute Gasteiger partial charge is 0.257 e. The maximum absolute atomic E-state index is 12.6. The second kappa shape index (κ2) is 7.47. The van der Waals surface area contributed by atoms with Crippen molar-refractivity contribution < 1.29 is 9.21 Å². The van der Waals surface area contributed by atoms with Crippen LogP contribution in [-0.2, 0) is 0 Å². The van der Waals surface area contributed by atoms with Crippen molar-refractivity contribution in [1.29, 1.82) is 0 Å². The normalized spacial score (nSPS) is 11.0. The van der Waals surface area contributed by atoms with Crippen LogP contribution < -0.4 is 5.32 Å². The highest BCUT2D eigenvalue weighted by Gasteiger charge is 2.17. The lowest BCUT2D eigenvalue weighted by atomic mass is 10.1. The summed E-state index contributed by atoms with van der Waals surface area (Å²) in [7, 11) is 0. The van der Waals surface area contributed by atoms with Crippen LogP contribution in [0.5, 0.6) is 0 Å². The van der Waals surface area contributed by atoms with E-state index in [0.717, 1.165) is 11.1 Å². The Morgan fingerprint density at radius 3 is 2.57 bits per heavy atom. The van der Waals surface area contributed by atoms with Crippen molar-refractivity contribution in [3.8, 4) is 11.5 Å². The van der Waals surface area contributed by atoms with Gasteiger partial charge in [0, 0.05) is 16.3 Å². The van der Waals surface area contributed by atoms with Crippen molar-refractivity contribution in [2.75, 3.05) is 5.32 Å². The second-order valence-electron chi connectivity index (χ2n) is 6.17. The lowest BCUT2D eigenvalue weighted by molar-refractivity contribution is 0.102. The maximum Gasteiger partial charge on any atom is 0.257 e. The Labute approximate surface area is 176 Å². The lowest BCUT2D eigenvalue weighted by Gasteiger charge is -2.11. The molecule has 0 saturated heterocycles. The molecule has 0 aliphatic heterocycles. The van der Waals surface area contributed by atoms with Gasteiger partial charge in [-0.1, -0.05) is 53.0 Å². The fourth-order valence-electron chi connectivity index (χ4n) is 2.91. The van der Waals surface area contributed by atoms with Gasteiger partial charge in [-0.05, 0) is 48.9 Å². The van der Waals surface area contributed by atoms with E-state index >= 15 is 0 Å². The molecular weight excluding hydrogens is 419 g/mol. The van der Waals surface area contributed by atoms with Crippen molar-refractivity contribution >= 4 is 57.5 Å². The van der Waals surface area contributed by atoms with Crippen LogP contribution in [0.1, 0.15) is 15.9 Å². The van der Waals surface area contributed by atoms with Crippen molar-refractivity contribution in [2.24, 2.45) is 0 Å². The SMILES string of the molecule is Cc1c(NC(=O)c2ccccc2Cl)cccc1-c1nc2cc(Cl)cc(Cl)c2o1. The third kappa shape index (κ3) is 3.47. The fourth-order valence-corrected chi connectivity index (χ4v) is 3.66. The Hall–Kier alpha value is -2.53. The molecule has 1 heterocycles. The first kappa shape index (κ1) is 18.8. The van der Waals surface area contributed by atoms with Gasteiger partial charge in [-0.2, -0.15) is 0 Å². The summed E-state index contributed by atoms with van der Waals surface area (Å²) >= 11 is 18.4. The second-order valence-corrected chi connectivity index (χ2v) is 7.42. The van der Waals surface area contributed by atoms with Gasteiger partial charge in [-0.25, -0.2) is 4.98 Å². The van der Waals surface area contributed by atoms with E-state index in [0.29, 0.717) is 43.3 Å². The predicted molar refractivity (Wildman–Crippen MR) is 114 cm³/mol. The van der Waals surface area contributed by atoms with Gasteiger partial charge in [0.1, 0.15) is 5.52 Å². The standard InChI is InChI=1S/C21H13Cl3N2O2/c1-11-13(21-26-18-10-12(22)9-16(24)19(18)28-21)6-4-8-17(11)25-20(27)14-5-2-3-7-15(14)23/h2-10H,1H3,(H,25,27). The fraction of sp³-hybridized carbons (Fsp3) is 0.0476. The number of amides is 1. The number of carbonyl (C=O) groups is 1. The van der Waals surface area contributed by atoms with E-state index in [1.54, 1.807) is 42.5 Å². The molecule has 4 aromatic rings. The molecule has 0 aliphatic carbocycles. The van der Waals surface area contributed by atoms with Gasteiger partial charge in [0.15, 0.2) is 5.58 Å². The highest BCUT2D eigenvalue weighted by Crippen LogP contribution is 2.34. The molecule has 0 unspecified atom stereocenters. The number of anilines is 1. The molecule has 0 radical (unpaired) electrons. The molecule has 0 aliphatic rings.